The molecule has 3 aromatic rings. The van der Waals surface area contributed by atoms with E-state index in [9.17, 15) is 9.59 Å². The van der Waals surface area contributed by atoms with Gasteiger partial charge in [0.15, 0.2) is 6.10 Å². The number of aliphatic hydroxyl groups is 1. The predicted octanol–water partition coefficient (Wildman–Crippen LogP) is 5.48. The second kappa shape index (κ2) is 14.7. The van der Waals surface area contributed by atoms with E-state index >= 15 is 0 Å². The summed E-state index contributed by atoms with van der Waals surface area (Å²) in [4.78, 5) is 24.5. The zero-order valence-electron chi connectivity index (χ0n) is 24.3. The molecule has 5 rings (SSSR count). The fraction of sp³-hybridized carbons (Fsp3) is 0.353. The number of fused-ring (bicyclic) bond motifs is 3. The van der Waals surface area contributed by atoms with Gasteiger partial charge in [0, 0.05) is 25.4 Å². The van der Waals surface area contributed by atoms with Gasteiger partial charge in [-0.25, -0.2) is 9.59 Å². The van der Waals surface area contributed by atoms with E-state index in [1.165, 1.54) is 29.4 Å². The van der Waals surface area contributed by atoms with E-state index in [0.717, 1.165) is 17.7 Å². The molecule has 1 aliphatic heterocycles. The number of methoxy groups -OCH3 is 1. The molecular weight excluding hydrogens is 548 g/mol. The quantitative estimate of drug-likeness (QED) is 0.189. The van der Waals surface area contributed by atoms with E-state index in [2.05, 4.69) is 34.9 Å². The average molecular weight is 587 g/mol. The molecule has 0 spiro atoms. The highest BCUT2D eigenvalue weighted by Gasteiger charge is 2.30. The molecule has 0 unspecified atom stereocenters. The molecule has 3 N–H and O–H groups in total. The third-order valence-corrected chi connectivity index (χ3v) is 7.65. The Kier molecular flexibility index (Phi) is 10.3. The lowest BCUT2D eigenvalue weighted by molar-refractivity contribution is -0.183. The molecule has 1 heterocycles. The molecule has 1 fully saturated rings. The van der Waals surface area contributed by atoms with Gasteiger partial charge in [0.1, 0.15) is 12.4 Å². The number of aliphatic hydroxyl groups excluding tert-OH is 1. The number of amides is 1. The van der Waals surface area contributed by atoms with Crippen molar-refractivity contribution in [2.24, 2.45) is 0 Å². The molecule has 0 radical (unpaired) electrons. The van der Waals surface area contributed by atoms with Crippen LogP contribution < -0.4 is 15.4 Å². The third-order valence-electron chi connectivity index (χ3n) is 7.65. The highest BCUT2D eigenvalue weighted by atomic mass is 16.7. The van der Waals surface area contributed by atoms with Crippen molar-refractivity contribution in [1.82, 2.24) is 5.32 Å². The van der Waals surface area contributed by atoms with Crippen molar-refractivity contribution in [1.29, 1.82) is 0 Å². The van der Waals surface area contributed by atoms with Gasteiger partial charge in [-0.15, -0.1) is 0 Å². The van der Waals surface area contributed by atoms with Gasteiger partial charge in [0.25, 0.3) is 0 Å². The Morgan fingerprint density at radius 2 is 1.74 bits per heavy atom. The zero-order chi connectivity index (χ0) is 30.0. The summed E-state index contributed by atoms with van der Waals surface area (Å²) in [6.07, 6.45) is 4.49. The lowest BCUT2D eigenvalue weighted by atomic mass is 9.98. The van der Waals surface area contributed by atoms with Crippen molar-refractivity contribution < 1.29 is 33.6 Å². The van der Waals surface area contributed by atoms with Gasteiger partial charge in [-0.1, -0.05) is 66.7 Å². The molecule has 0 bridgehead atoms. The number of hydrogen-bond donors (Lipinski definition) is 3. The number of alkyl carbamates (subject to hydrolysis) is 1. The average Bonchev–Trinajstić information content (AvgIpc) is 3.36. The van der Waals surface area contributed by atoms with Gasteiger partial charge < -0.3 is 34.7 Å². The maximum Gasteiger partial charge on any atom is 0.407 e. The summed E-state index contributed by atoms with van der Waals surface area (Å²) in [5.41, 5.74) is 6.36. The van der Waals surface area contributed by atoms with Crippen molar-refractivity contribution in [3.8, 4) is 16.9 Å². The number of anilines is 1. The van der Waals surface area contributed by atoms with E-state index in [1.54, 1.807) is 6.08 Å². The second-order valence-electron chi connectivity index (χ2n) is 10.5. The van der Waals surface area contributed by atoms with Crippen LogP contribution in [-0.4, -0.2) is 63.0 Å². The molecule has 3 aromatic carbocycles. The largest absolute Gasteiger partial charge is 0.467 e. The number of esters is 1. The van der Waals surface area contributed by atoms with E-state index in [1.807, 2.05) is 48.5 Å². The lowest BCUT2D eigenvalue weighted by Gasteiger charge is -2.29. The van der Waals surface area contributed by atoms with Crippen LogP contribution in [0.4, 0.5) is 10.5 Å². The first kappa shape index (κ1) is 30.1. The monoisotopic (exact) mass is 586 g/mol. The highest BCUT2D eigenvalue weighted by molar-refractivity contribution is 5.79. The van der Waals surface area contributed by atoms with Crippen LogP contribution in [0.1, 0.15) is 48.3 Å². The van der Waals surface area contributed by atoms with Crippen LogP contribution in [0.25, 0.3) is 17.2 Å². The summed E-state index contributed by atoms with van der Waals surface area (Å²) < 4.78 is 22.4. The van der Waals surface area contributed by atoms with Gasteiger partial charge in [-0.3, -0.25) is 0 Å². The fourth-order valence-electron chi connectivity index (χ4n) is 5.55. The molecule has 0 aromatic heterocycles. The predicted molar refractivity (Wildman–Crippen MR) is 164 cm³/mol. The van der Waals surface area contributed by atoms with Crippen LogP contribution in [-0.2, 0) is 19.0 Å². The minimum absolute atomic E-state index is 0.0152. The van der Waals surface area contributed by atoms with Gasteiger partial charge in [-0.2, -0.15) is 0 Å². The third kappa shape index (κ3) is 7.55. The second-order valence-corrected chi connectivity index (χ2v) is 10.5. The molecule has 0 saturated carbocycles. The summed E-state index contributed by atoms with van der Waals surface area (Å²) >= 11 is 0. The summed E-state index contributed by atoms with van der Waals surface area (Å²) in [5.74, 6) is 0.197. The van der Waals surface area contributed by atoms with Crippen molar-refractivity contribution in [2.75, 3.05) is 38.7 Å². The maximum absolute atomic E-state index is 12.5. The number of nitrogens with one attached hydrogen (secondary N) is 2. The molecule has 1 amide bonds. The molecule has 2 aliphatic rings. The molecule has 9 heteroatoms. The van der Waals surface area contributed by atoms with Gasteiger partial charge in [-0.05, 0) is 59.2 Å². The number of benzene rings is 3. The SMILES string of the molecule is COC(=O)[C@@H]1CCC[C@H](Oc2ccc(/C=C/CO)cc2NCCCNC(=O)OCC2c3ccccc3-c3ccccc32)O1. The van der Waals surface area contributed by atoms with E-state index in [4.69, 9.17) is 24.1 Å². The summed E-state index contributed by atoms with van der Waals surface area (Å²) in [5, 5.41) is 15.4. The molecule has 226 valence electrons. The van der Waals surface area contributed by atoms with Gasteiger partial charge >= 0.3 is 12.1 Å². The summed E-state index contributed by atoms with van der Waals surface area (Å²) in [7, 11) is 1.35. The van der Waals surface area contributed by atoms with Crippen LogP contribution in [0.15, 0.2) is 72.8 Å². The Balaban J connectivity index is 1.11. The minimum Gasteiger partial charge on any atom is -0.467 e. The lowest BCUT2D eigenvalue weighted by Crippen LogP contribution is -2.37. The Morgan fingerprint density at radius 3 is 2.47 bits per heavy atom. The first-order chi connectivity index (χ1) is 21.1. The number of ether oxygens (including phenoxy) is 4. The maximum atomic E-state index is 12.5. The Labute approximate surface area is 251 Å². The minimum atomic E-state index is -0.643. The molecular formula is C34H38N2O7. The molecule has 1 aliphatic carbocycles. The molecule has 9 nitrogen and oxygen atoms in total. The normalized spacial score (nSPS) is 17.6. The van der Waals surface area contributed by atoms with Crippen molar-refractivity contribution in [3.05, 3.63) is 89.5 Å². The van der Waals surface area contributed by atoms with E-state index < -0.39 is 24.5 Å². The van der Waals surface area contributed by atoms with Gasteiger partial charge in [0.2, 0.25) is 6.29 Å². The Bertz CT molecular complexity index is 1390. The highest BCUT2D eigenvalue weighted by Crippen LogP contribution is 2.44. The van der Waals surface area contributed by atoms with Crippen molar-refractivity contribution >= 4 is 23.8 Å². The Morgan fingerprint density at radius 1 is 1.00 bits per heavy atom. The first-order valence-electron chi connectivity index (χ1n) is 14.7. The number of carbonyl (C=O) groups excluding carboxylic acids is 2. The summed E-state index contributed by atoms with van der Waals surface area (Å²) in [6.45, 7) is 1.19. The van der Waals surface area contributed by atoms with Crippen molar-refractivity contribution in [2.45, 2.75) is 44.0 Å². The fourth-order valence-corrected chi connectivity index (χ4v) is 5.55. The first-order valence-corrected chi connectivity index (χ1v) is 14.7. The smallest absolute Gasteiger partial charge is 0.407 e. The van der Waals surface area contributed by atoms with Crippen LogP contribution in [0.3, 0.4) is 0 Å². The Hall–Kier alpha value is -4.34. The number of hydrogen-bond acceptors (Lipinski definition) is 8. The number of carbonyl (C=O) groups is 2. The van der Waals surface area contributed by atoms with E-state index in [-0.39, 0.29) is 19.1 Å². The molecule has 43 heavy (non-hydrogen) atoms. The van der Waals surface area contributed by atoms with Crippen LogP contribution in [0.2, 0.25) is 0 Å². The van der Waals surface area contributed by atoms with Gasteiger partial charge in [0.05, 0.1) is 19.4 Å². The summed E-state index contributed by atoms with van der Waals surface area (Å²) in [6, 6.07) is 22.1. The number of rotatable bonds is 12. The van der Waals surface area contributed by atoms with Crippen LogP contribution in [0.5, 0.6) is 5.75 Å². The topological polar surface area (TPSA) is 115 Å². The zero-order valence-corrected chi connectivity index (χ0v) is 24.3. The van der Waals surface area contributed by atoms with Crippen LogP contribution in [0, 0.1) is 0 Å². The van der Waals surface area contributed by atoms with E-state index in [0.29, 0.717) is 38.1 Å². The molecule has 2 atom stereocenters. The van der Waals surface area contributed by atoms with Crippen molar-refractivity contribution in [3.63, 3.8) is 0 Å². The molecule has 1 saturated heterocycles. The standard InChI is InChI=1S/C34H38N2O7/c1-40-33(38)31-14-6-15-32(43-31)42-30-17-16-23(9-7-20-37)21-29(30)35-18-8-19-36-34(39)41-22-28-26-12-4-2-10-24(26)25-11-3-5-13-27(25)28/h2-5,7,9-13,16-17,21,28,31-32,35,37H,6,8,14-15,18-20,22H2,1H3,(H,36,39)/b9-7+/t31-,32+/m0/s1. The van der Waals surface area contributed by atoms with Crippen LogP contribution >= 0.6 is 0 Å².